The van der Waals surface area contributed by atoms with Crippen molar-refractivity contribution < 1.29 is 22.3 Å². The van der Waals surface area contributed by atoms with Crippen molar-refractivity contribution in [2.24, 2.45) is 0 Å². The molecule has 2 N–H and O–H groups in total. The number of ether oxygens (including phenoxy) is 1. The van der Waals surface area contributed by atoms with Crippen molar-refractivity contribution in [1.29, 1.82) is 0 Å². The van der Waals surface area contributed by atoms with Crippen molar-refractivity contribution in [2.45, 2.75) is 12.5 Å². The Morgan fingerprint density at radius 3 is 2.74 bits per heavy atom. The highest BCUT2D eigenvalue weighted by Crippen LogP contribution is 2.25. The predicted octanol–water partition coefficient (Wildman–Crippen LogP) is 1.51. The molecule has 19 heavy (non-hydrogen) atoms. The summed E-state index contributed by atoms with van der Waals surface area (Å²) in [5.74, 6) is -1.53. The molecule has 8 heteroatoms. The van der Waals surface area contributed by atoms with Gasteiger partial charge < -0.3 is 10.5 Å². The van der Waals surface area contributed by atoms with E-state index >= 15 is 0 Å². The molecule has 1 aromatic rings. The van der Waals surface area contributed by atoms with E-state index in [0.717, 1.165) is 12.1 Å². The normalized spacial score (nSPS) is 21.3. The van der Waals surface area contributed by atoms with Crippen LogP contribution in [0.5, 0.6) is 0 Å². The van der Waals surface area contributed by atoms with Crippen molar-refractivity contribution in [3.8, 4) is 0 Å². The molecule has 1 aliphatic heterocycles. The number of hydrogen-bond acceptors (Lipinski definition) is 5. The van der Waals surface area contributed by atoms with E-state index in [2.05, 4.69) is 15.9 Å². The number of benzene rings is 1. The van der Waals surface area contributed by atoms with Crippen molar-refractivity contribution in [1.82, 2.24) is 0 Å². The van der Waals surface area contributed by atoms with E-state index in [1.165, 1.54) is 0 Å². The largest absolute Gasteiger partial charge is 0.458 e. The maximum absolute atomic E-state index is 13.1. The summed E-state index contributed by atoms with van der Waals surface area (Å²) in [6, 6.07) is 2.22. The van der Waals surface area contributed by atoms with Gasteiger partial charge in [0.25, 0.3) is 0 Å². The van der Waals surface area contributed by atoms with Crippen LogP contribution in [0.3, 0.4) is 0 Å². The summed E-state index contributed by atoms with van der Waals surface area (Å²) in [7, 11) is -3.12. The van der Waals surface area contributed by atoms with Gasteiger partial charge in [0.05, 0.1) is 22.8 Å². The van der Waals surface area contributed by atoms with Gasteiger partial charge in [-0.3, -0.25) is 0 Å². The molecule has 1 aliphatic rings. The Morgan fingerprint density at radius 1 is 1.47 bits per heavy atom. The van der Waals surface area contributed by atoms with Crippen LogP contribution < -0.4 is 5.73 Å². The third-order valence-corrected chi connectivity index (χ3v) is 5.16. The quantitative estimate of drug-likeness (QED) is 0.644. The van der Waals surface area contributed by atoms with Crippen LogP contribution in [0.4, 0.5) is 10.1 Å². The molecule has 1 fully saturated rings. The number of halogens is 2. The first kappa shape index (κ1) is 14.3. The van der Waals surface area contributed by atoms with Crippen LogP contribution in [0.15, 0.2) is 16.6 Å². The lowest BCUT2D eigenvalue weighted by Crippen LogP contribution is -2.20. The van der Waals surface area contributed by atoms with E-state index in [4.69, 9.17) is 10.5 Å². The van der Waals surface area contributed by atoms with E-state index in [1.807, 2.05) is 0 Å². The van der Waals surface area contributed by atoms with Crippen LogP contribution in [0.2, 0.25) is 0 Å². The van der Waals surface area contributed by atoms with Gasteiger partial charge >= 0.3 is 5.97 Å². The number of anilines is 1. The van der Waals surface area contributed by atoms with Gasteiger partial charge in [-0.2, -0.15) is 0 Å². The standard InChI is InChI=1S/C11H11BrFNO4S/c12-8-4-9(13)10(14)3-7(8)11(15)18-6-1-2-19(16,17)5-6/h3-4,6H,1-2,5,14H2. The number of sulfone groups is 1. The fraction of sp³-hybridized carbons (Fsp3) is 0.364. The molecule has 5 nitrogen and oxygen atoms in total. The maximum Gasteiger partial charge on any atom is 0.339 e. The number of nitrogen functional groups attached to an aromatic ring is 1. The van der Waals surface area contributed by atoms with Gasteiger partial charge in [0, 0.05) is 4.47 Å². The average Bonchev–Trinajstić information content (AvgIpc) is 2.63. The number of esters is 1. The second kappa shape index (κ2) is 5.09. The summed E-state index contributed by atoms with van der Waals surface area (Å²) in [6.07, 6.45) is -0.377. The van der Waals surface area contributed by atoms with E-state index in [1.54, 1.807) is 0 Å². The highest BCUT2D eigenvalue weighted by molar-refractivity contribution is 9.10. The highest BCUT2D eigenvalue weighted by atomic mass is 79.9. The van der Waals surface area contributed by atoms with Crippen LogP contribution in [-0.4, -0.2) is 32.0 Å². The first-order chi connectivity index (χ1) is 8.78. The van der Waals surface area contributed by atoms with Gasteiger partial charge in [0.15, 0.2) is 9.84 Å². The first-order valence-electron chi connectivity index (χ1n) is 5.44. The van der Waals surface area contributed by atoms with Gasteiger partial charge in [0.1, 0.15) is 11.9 Å². The zero-order valence-corrected chi connectivity index (χ0v) is 12.1. The molecule has 0 amide bonds. The summed E-state index contributed by atoms with van der Waals surface area (Å²) < 4.78 is 40.9. The van der Waals surface area contributed by atoms with E-state index < -0.39 is 27.7 Å². The third-order valence-electron chi connectivity index (χ3n) is 2.77. The minimum absolute atomic E-state index is 0.0116. The minimum atomic E-state index is -3.12. The Hall–Kier alpha value is -1.15. The lowest BCUT2D eigenvalue weighted by molar-refractivity contribution is 0.0355. The molecule has 0 radical (unpaired) electrons. The Morgan fingerprint density at radius 2 is 2.16 bits per heavy atom. The second-order valence-electron chi connectivity index (χ2n) is 4.28. The summed E-state index contributed by atoms with van der Waals surface area (Å²) in [4.78, 5) is 11.9. The van der Waals surface area contributed by atoms with Crippen LogP contribution in [0.1, 0.15) is 16.8 Å². The topological polar surface area (TPSA) is 86.5 Å². The molecule has 0 saturated carbocycles. The molecular weight excluding hydrogens is 341 g/mol. The minimum Gasteiger partial charge on any atom is -0.458 e. The molecule has 1 heterocycles. The van der Waals surface area contributed by atoms with E-state index in [0.29, 0.717) is 0 Å². The van der Waals surface area contributed by atoms with Crippen molar-refractivity contribution in [2.75, 3.05) is 17.2 Å². The average molecular weight is 352 g/mol. The molecule has 0 bridgehead atoms. The zero-order valence-electron chi connectivity index (χ0n) is 9.73. The predicted molar refractivity (Wildman–Crippen MR) is 71.0 cm³/mol. The number of hydrogen-bond donors (Lipinski definition) is 1. The lowest BCUT2D eigenvalue weighted by atomic mass is 10.2. The Bertz CT molecular complexity index is 632. The SMILES string of the molecule is Nc1cc(C(=O)OC2CCS(=O)(=O)C2)c(Br)cc1F. The summed E-state index contributed by atoms with van der Waals surface area (Å²) in [6.45, 7) is 0. The molecule has 2 rings (SSSR count). The fourth-order valence-electron chi connectivity index (χ4n) is 1.79. The van der Waals surface area contributed by atoms with Crippen LogP contribution in [0, 0.1) is 5.82 Å². The Kier molecular flexibility index (Phi) is 3.82. The molecule has 104 valence electrons. The molecule has 1 unspecified atom stereocenters. The highest BCUT2D eigenvalue weighted by Gasteiger charge is 2.31. The lowest BCUT2D eigenvalue weighted by Gasteiger charge is -2.11. The van der Waals surface area contributed by atoms with Gasteiger partial charge in [0.2, 0.25) is 0 Å². The van der Waals surface area contributed by atoms with Crippen molar-refractivity contribution in [3.63, 3.8) is 0 Å². The Labute approximate surface area is 118 Å². The molecule has 1 aromatic carbocycles. The van der Waals surface area contributed by atoms with Gasteiger partial charge in [-0.1, -0.05) is 0 Å². The summed E-state index contributed by atoms with van der Waals surface area (Å²) in [5.41, 5.74) is 5.28. The molecule has 0 aromatic heterocycles. The number of carbonyl (C=O) groups excluding carboxylic acids is 1. The van der Waals surface area contributed by atoms with Gasteiger partial charge in [-0.25, -0.2) is 17.6 Å². The fourth-order valence-corrected chi connectivity index (χ4v) is 3.86. The number of nitrogens with two attached hydrogens (primary N) is 1. The molecule has 0 aliphatic carbocycles. The number of rotatable bonds is 2. The van der Waals surface area contributed by atoms with Gasteiger partial charge in [-0.15, -0.1) is 0 Å². The smallest absolute Gasteiger partial charge is 0.339 e. The first-order valence-corrected chi connectivity index (χ1v) is 8.06. The van der Waals surface area contributed by atoms with Gasteiger partial charge in [-0.05, 0) is 34.5 Å². The summed E-state index contributed by atoms with van der Waals surface area (Å²) in [5, 5.41) is 0. The number of carbonyl (C=O) groups is 1. The van der Waals surface area contributed by atoms with E-state index in [9.17, 15) is 17.6 Å². The van der Waals surface area contributed by atoms with Crippen LogP contribution in [0.25, 0.3) is 0 Å². The van der Waals surface area contributed by atoms with Crippen LogP contribution >= 0.6 is 15.9 Å². The van der Waals surface area contributed by atoms with Crippen molar-refractivity contribution in [3.05, 3.63) is 28.0 Å². The monoisotopic (exact) mass is 351 g/mol. The maximum atomic E-state index is 13.1. The van der Waals surface area contributed by atoms with Crippen LogP contribution in [-0.2, 0) is 14.6 Å². The zero-order chi connectivity index (χ0) is 14.2. The Balaban J connectivity index is 2.15. The second-order valence-corrected chi connectivity index (χ2v) is 7.37. The summed E-state index contributed by atoms with van der Waals surface area (Å²) >= 11 is 3.04. The van der Waals surface area contributed by atoms with Crippen molar-refractivity contribution >= 4 is 37.4 Å². The molecule has 1 atom stereocenters. The third kappa shape index (κ3) is 3.24. The molecule has 1 saturated heterocycles. The molecule has 0 spiro atoms. The van der Waals surface area contributed by atoms with E-state index in [-0.39, 0.29) is 33.7 Å². The molecular formula is C11H11BrFNO4S.